The van der Waals surface area contributed by atoms with Crippen LogP contribution in [0.1, 0.15) is 38.2 Å². The van der Waals surface area contributed by atoms with Crippen LogP contribution in [-0.4, -0.2) is 11.8 Å². The molecule has 0 saturated carbocycles. The van der Waals surface area contributed by atoms with Crippen molar-refractivity contribution < 1.29 is 14.0 Å². The lowest BCUT2D eigenvalue weighted by molar-refractivity contribution is -0.137. The number of nitrogens with one attached hydrogen (secondary N) is 1. The van der Waals surface area contributed by atoms with Crippen LogP contribution in [0.2, 0.25) is 0 Å². The fourth-order valence-corrected chi connectivity index (χ4v) is 2.65. The lowest BCUT2D eigenvalue weighted by atomic mass is 9.76. The molecule has 0 spiro atoms. The van der Waals surface area contributed by atoms with Crippen LogP contribution in [-0.2, 0) is 9.59 Å². The van der Waals surface area contributed by atoms with Crippen molar-refractivity contribution in [1.29, 1.82) is 0 Å². The molecule has 4 heteroatoms. The topological polar surface area (TPSA) is 46.2 Å². The quantitative estimate of drug-likeness (QED) is 0.852. The molecule has 1 aliphatic rings. The van der Waals surface area contributed by atoms with Gasteiger partial charge in [0.25, 0.3) is 0 Å². The standard InChI is InChI=1S/C15H18FNO2/c1-9(2)7-13-12(8-14(18)17-15(13)19)10-3-5-11(16)6-4-10/h3-6,9,12-13H,7-8H2,1-2H3,(H,17,18,19). The van der Waals surface area contributed by atoms with Gasteiger partial charge in [0.1, 0.15) is 5.82 Å². The summed E-state index contributed by atoms with van der Waals surface area (Å²) in [4.78, 5) is 23.5. The van der Waals surface area contributed by atoms with Gasteiger partial charge in [-0.2, -0.15) is 0 Å². The molecule has 19 heavy (non-hydrogen) atoms. The zero-order valence-corrected chi connectivity index (χ0v) is 11.2. The molecule has 0 aromatic heterocycles. The summed E-state index contributed by atoms with van der Waals surface area (Å²) in [6, 6.07) is 6.08. The molecule has 2 rings (SSSR count). The molecule has 2 atom stereocenters. The molecule has 1 aromatic rings. The minimum Gasteiger partial charge on any atom is -0.296 e. The Balaban J connectivity index is 2.29. The van der Waals surface area contributed by atoms with Crippen molar-refractivity contribution in [3.05, 3.63) is 35.6 Å². The Morgan fingerprint density at radius 1 is 1.26 bits per heavy atom. The van der Waals surface area contributed by atoms with E-state index < -0.39 is 0 Å². The highest BCUT2D eigenvalue weighted by atomic mass is 19.1. The number of carbonyl (C=O) groups excluding carboxylic acids is 2. The maximum absolute atomic E-state index is 13.0. The van der Waals surface area contributed by atoms with E-state index in [1.54, 1.807) is 12.1 Å². The molecular formula is C15H18FNO2. The molecule has 102 valence electrons. The summed E-state index contributed by atoms with van der Waals surface area (Å²) in [5.41, 5.74) is 0.857. The van der Waals surface area contributed by atoms with E-state index in [1.165, 1.54) is 12.1 Å². The Bertz CT molecular complexity index is 481. The van der Waals surface area contributed by atoms with Crippen LogP contribution >= 0.6 is 0 Å². The Labute approximate surface area is 112 Å². The van der Waals surface area contributed by atoms with Crippen molar-refractivity contribution in [2.24, 2.45) is 11.8 Å². The van der Waals surface area contributed by atoms with Crippen molar-refractivity contribution in [2.75, 3.05) is 0 Å². The van der Waals surface area contributed by atoms with Gasteiger partial charge in [-0.25, -0.2) is 4.39 Å². The first-order valence-electron chi connectivity index (χ1n) is 6.56. The van der Waals surface area contributed by atoms with E-state index >= 15 is 0 Å². The van der Waals surface area contributed by atoms with Crippen molar-refractivity contribution in [1.82, 2.24) is 5.32 Å². The Kier molecular flexibility index (Phi) is 3.98. The van der Waals surface area contributed by atoms with E-state index in [2.05, 4.69) is 5.32 Å². The number of benzene rings is 1. The fourth-order valence-electron chi connectivity index (χ4n) is 2.65. The van der Waals surface area contributed by atoms with Crippen LogP contribution < -0.4 is 5.32 Å². The molecule has 1 fully saturated rings. The number of rotatable bonds is 3. The van der Waals surface area contributed by atoms with Crippen LogP contribution in [0.15, 0.2) is 24.3 Å². The van der Waals surface area contributed by atoms with Gasteiger partial charge in [0.05, 0.1) is 0 Å². The predicted octanol–water partition coefficient (Wildman–Crippen LogP) is 2.62. The zero-order chi connectivity index (χ0) is 14.0. The van der Waals surface area contributed by atoms with E-state index in [1.807, 2.05) is 13.8 Å². The summed E-state index contributed by atoms with van der Waals surface area (Å²) in [6.45, 7) is 4.09. The van der Waals surface area contributed by atoms with Crippen LogP contribution in [0.5, 0.6) is 0 Å². The molecule has 1 aliphatic heterocycles. The summed E-state index contributed by atoms with van der Waals surface area (Å²) >= 11 is 0. The van der Waals surface area contributed by atoms with E-state index in [0.717, 1.165) is 12.0 Å². The smallest absolute Gasteiger partial charge is 0.230 e. The van der Waals surface area contributed by atoms with Crippen molar-refractivity contribution in [2.45, 2.75) is 32.6 Å². The molecule has 1 heterocycles. The SMILES string of the molecule is CC(C)CC1C(=O)NC(=O)CC1c1ccc(F)cc1. The van der Waals surface area contributed by atoms with Gasteiger partial charge < -0.3 is 0 Å². The summed E-state index contributed by atoms with van der Waals surface area (Å²) in [5.74, 6) is -0.770. The first-order valence-corrected chi connectivity index (χ1v) is 6.56. The molecule has 1 aromatic carbocycles. The third-order valence-corrected chi connectivity index (χ3v) is 3.51. The molecule has 1 N–H and O–H groups in total. The molecule has 0 bridgehead atoms. The average molecular weight is 263 g/mol. The normalized spacial score (nSPS) is 23.6. The Morgan fingerprint density at radius 2 is 1.89 bits per heavy atom. The highest BCUT2D eigenvalue weighted by Crippen LogP contribution is 2.35. The molecule has 0 radical (unpaired) electrons. The van der Waals surface area contributed by atoms with Crippen LogP contribution in [0.4, 0.5) is 4.39 Å². The van der Waals surface area contributed by atoms with E-state index in [4.69, 9.17) is 0 Å². The first kappa shape index (κ1) is 13.7. The molecule has 2 unspecified atom stereocenters. The number of hydrogen-bond donors (Lipinski definition) is 1. The number of piperidine rings is 1. The number of imide groups is 1. The average Bonchev–Trinajstić information content (AvgIpc) is 2.33. The van der Waals surface area contributed by atoms with Crippen LogP contribution in [0, 0.1) is 17.7 Å². The monoisotopic (exact) mass is 263 g/mol. The second kappa shape index (κ2) is 5.51. The highest BCUT2D eigenvalue weighted by molar-refractivity contribution is 5.99. The molecule has 1 saturated heterocycles. The number of hydrogen-bond acceptors (Lipinski definition) is 2. The zero-order valence-electron chi connectivity index (χ0n) is 11.2. The van der Waals surface area contributed by atoms with Gasteiger partial charge in [-0.1, -0.05) is 26.0 Å². The van der Waals surface area contributed by atoms with Crippen molar-refractivity contribution >= 4 is 11.8 Å². The Hall–Kier alpha value is -1.71. The minimum absolute atomic E-state index is 0.149. The maximum Gasteiger partial charge on any atom is 0.230 e. The summed E-state index contributed by atoms with van der Waals surface area (Å²) in [6.07, 6.45) is 1.01. The van der Waals surface area contributed by atoms with Gasteiger partial charge in [-0.3, -0.25) is 14.9 Å². The second-order valence-corrected chi connectivity index (χ2v) is 5.51. The molecule has 2 amide bonds. The van der Waals surface area contributed by atoms with Gasteiger partial charge in [-0.15, -0.1) is 0 Å². The minimum atomic E-state index is -0.309. The van der Waals surface area contributed by atoms with Gasteiger partial charge in [0, 0.05) is 18.3 Å². The number of halogens is 1. The first-order chi connectivity index (χ1) is 8.97. The van der Waals surface area contributed by atoms with Gasteiger partial charge >= 0.3 is 0 Å². The third-order valence-electron chi connectivity index (χ3n) is 3.51. The second-order valence-electron chi connectivity index (χ2n) is 5.51. The van der Waals surface area contributed by atoms with Gasteiger partial charge in [-0.05, 0) is 30.0 Å². The van der Waals surface area contributed by atoms with Crippen LogP contribution in [0.3, 0.4) is 0 Å². The van der Waals surface area contributed by atoms with Gasteiger partial charge in [0.2, 0.25) is 11.8 Å². The number of amides is 2. The fraction of sp³-hybridized carbons (Fsp3) is 0.467. The summed E-state index contributed by atoms with van der Waals surface area (Å²) in [5, 5.41) is 2.39. The highest BCUT2D eigenvalue weighted by Gasteiger charge is 2.36. The van der Waals surface area contributed by atoms with E-state index in [0.29, 0.717) is 5.92 Å². The Morgan fingerprint density at radius 3 is 2.47 bits per heavy atom. The van der Waals surface area contributed by atoms with Crippen LogP contribution in [0.25, 0.3) is 0 Å². The van der Waals surface area contributed by atoms with Crippen molar-refractivity contribution in [3.63, 3.8) is 0 Å². The van der Waals surface area contributed by atoms with E-state index in [9.17, 15) is 14.0 Å². The molecule has 3 nitrogen and oxygen atoms in total. The third kappa shape index (κ3) is 3.19. The predicted molar refractivity (Wildman–Crippen MR) is 69.9 cm³/mol. The lowest BCUT2D eigenvalue weighted by Crippen LogP contribution is -2.45. The van der Waals surface area contributed by atoms with E-state index in [-0.39, 0.29) is 35.9 Å². The number of carbonyl (C=O) groups is 2. The molecular weight excluding hydrogens is 245 g/mol. The summed E-state index contributed by atoms with van der Waals surface area (Å²) in [7, 11) is 0. The lowest BCUT2D eigenvalue weighted by Gasteiger charge is -2.31. The van der Waals surface area contributed by atoms with Crippen molar-refractivity contribution in [3.8, 4) is 0 Å². The largest absolute Gasteiger partial charge is 0.296 e. The maximum atomic E-state index is 13.0. The summed E-state index contributed by atoms with van der Waals surface area (Å²) < 4.78 is 13.0. The van der Waals surface area contributed by atoms with Gasteiger partial charge in [0.15, 0.2) is 0 Å². The molecule has 0 aliphatic carbocycles.